The molecular formula is C18H19F3N2O4. The molecule has 2 amide bonds. The number of rotatable bonds is 4. The summed E-state index contributed by atoms with van der Waals surface area (Å²) in [5.74, 6) is -1.19. The predicted octanol–water partition coefficient (Wildman–Crippen LogP) is 1.95. The molecule has 1 fully saturated rings. The molecule has 0 bridgehead atoms. The van der Waals surface area contributed by atoms with Crippen LogP contribution in [0.3, 0.4) is 0 Å². The Morgan fingerprint density at radius 2 is 1.59 bits per heavy atom. The third kappa shape index (κ3) is 6.12. The second kappa shape index (κ2) is 8.70. The molecule has 1 aliphatic heterocycles. The molecule has 0 radical (unpaired) electrons. The molecule has 27 heavy (non-hydrogen) atoms. The molecule has 9 heteroatoms. The molecule has 0 atom stereocenters. The van der Waals surface area contributed by atoms with Gasteiger partial charge in [-0.1, -0.05) is 12.1 Å². The van der Waals surface area contributed by atoms with Gasteiger partial charge in [0.2, 0.25) is 5.91 Å². The summed E-state index contributed by atoms with van der Waals surface area (Å²) in [4.78, 5) is 38.0. The number of hydrogen-bond acceptors (Lipinski definition) is 4. The van der Waals surface area contributed by atoms with Gasteiger partial charge < -0.3 is 14.5 Å². The van der Waals surface area contributed by atoms with Crippen LogP contribution in [0.1, 0.15) is 18.1 Å². The number of esters is 1. The molecule has 1 saturated heterocycles. The van der Waals surface area contributed by atoms with Crippen LogP contribution in [-0.2, 0) is 25.3 Å². The Morgan fingerprint density at radius 3 is 2.11 bits per heavy atom. The molecule has 1 heterocycles. The largest absolute Gasteiger partial charge is 0.452 e. The van der Waals surface area contributed by atoms with Crippen LogP contribution in [0.25, 0.3) is 6.08 Å². The first-order valence-electron chi connectivity index (χ1n) is 8.22. The van der Waals surface area contributed by atoms with E-state index in [-0.39, 0.29) is 11.8 Å². The number of benzene rings is 1. The number of hydrogen-bond donors (Lipinski definition) is 0. The van der Waals surface area contributed by atoms with Crippen LogP contribution in [0.4, 0.5) is 13.2 Å². The molecule has 0 aromatic heterocycles. The van der Waals surface area contributed by atoms with Crippen molar-refractivity contribution in [2.24, 2.45) is 0 Å². The smallest absolute Gasteiger partial charge is 0.416 e. The highest BCUT2D eigenvalue weighted by Gasteiger charge is 2.29. The number of amides is 2. The molecule has 0 spiro atoms. The highest BCUT2D eigenvalue weighted by molar-refractivity contribution is 5.89. The summed E-state index contributed by atoms with van der Waals surface area (Å²) in [6.07, 6.45) is -2.07. The Morgan fingerprint density at radius 1 is 1.04 bits per heavy atom. The van der Waals surface area contributed by atoms with Crippen molar-refractivity contribution in [3.05, 3.63) is 41.5 Å². The van der Waals surface area contributed by atoms with Gasteiger partial charge >= 0.3 is 12.1 Å². The van der Waals surface area contributed by atoms with Crippen LogP contribution >= 0.6 is 0 Å². The average Bonchev–Trinajstić information content (AvgIpc) is 2.64. The maximum atomic E-state index is 12.5. The van der Waals surface area contributed by atoms with Crippen molar-refractivity contribution in [3.8, 4) is 0 Å². The molecule has 1 aliphatic rings. The average molecular weight is 384 g/mol. The lowest BCUT2D eigenvalue weighted by Gasteiger charge is -2.34. The first-order valence-corrected chi connectivity index (χ1v) is 8.22. The van der Waals surface area contributed by atoms with Crippen molar-refractivity contribution >= 4 is 23.9 Å². The van der Waals surface area contributed by atoms with E-state index in [0.717, 1.165) is 18.2 Å². The Bertz CT molecular complexity index is 721. The second-order valence-corrected chi connectivity index (χ2v) is 5.95. The lowest BCUT2D eigenvalue weighted by molar-refractivity contribution is -0.149. The highest BCUT2D eigenvalue weighted by Crippen LogP contribution is 2.29. The van der Waals surface area contributed by atoms with Crippen LogP contribution in [0, 0.1) is 0 Å². The van der Waals surface area contributed by atoms with E-state index < -0.39 is 24.3 Å². The molecule has 1 aromatic carbocycles. The second-order valence-electron chi connectivity index (χ2n) is 5.95. The molecule has 0 N–H and O–H groups in total. The summed E-state index contributed by atoms with van der Waals surface area (Å²) < 4.78 is 42.3. The van der Waals surface area contributed by atoms with Gasteiger partial charge in [0.25, 0.3) is 5.91 Å². The number of carbonyl (C=O) groups is 3. The van der Waals surface area contributed by atoms with E-state index in [0.29, 0.717) is 31.7 Å². The monoisotopic (exact) mass is 384 g/mol. The molecule has 2 rings (SSSR count). The van der Waals surface area contributed by atoms with Crippen molar-refractivity contribution in [2.75, 3.05) is 32.8 Å². The Hall–Kier alpha value is -2.84. The van der Waals surface area contributed by atoms with Gasteiger partial charge in [-0.15, -0.1) is 0 Å². The first kappa shape index (κ1) is 20.5. The predicted molar refractivity (Wildman–Crippen MR) is 90.3 cm³/mol. The number of nitrogens with zero attached hydrogens (tertiary/aromatic N) is 2. The number of alkyl halides is 3. The van der Waals surface area contributed by atoms with Crippen LogP contribution in [-0.4, -0.2) is 60.4 Å². The maximum absolute atomic E-state index is 12.5. The lowest BCUT2D eigenvalue weighted by Crippen LogP contribution is -2.51. The standard InChI is InChI=1S/C18H19F3N2O4/c1-13(24)22-8-10-23(11-9-22)16(25)12-27-17(26)7-4-14-2-5-15(6-3-14)18(19,20)21/h2-7H,8-12H2,1H3/b7-4+. The van der Waals surface area contributed by atoms with Crippen molar-refractivity contribution in [2.45, 2.75) is 13.1 Å². The van der Waals surface area contributed by atoms with E-state index in [1.54, 1.807) is 4.90 Å². The quantitative estimate of drug-likeness (QED) is 0.588. The fourth-order valence-electron chi connectivity index (χ4n) is 2.49. The van der Waals surface area contributed by atoms with Crippen LogP contribution in [0.15, 0.2) is 30.3 Å². The first-order chi connectivity index (χ1) is 12.7. The molecule has 0 unspecified atom stereocenters. The summed E-state index contributed by atoms with van der Waals surface area (Å²) >= 11 is 0. The summed E-state index contributed by atoms with van der Waals surface area (Å²) in [6, 6.07) is 4.28. The number of piperazine rings is 1. The number of halogens is 3. The SMILES string of the molecule is CC(=O)N1CCN(C(=O)COC(=O)/C=C/c2ccc(C(F)(F)F)cc2)CC1. The van der Waals surface area contributed by atoms with E-state index in [2.05, 4.69) is 0 Å². The Labute approximate surface area is 154 Å². The van der Waals surface area contributed by atoms with Gasteiger partial charge in [0.15, 0.2) is 6.61 Å². The number of ether oxygens (including phenoxy) is 1. The van der Waals surface area contributed by atoms with Gasteiger partial charge in [-0.25, -0.2) is 4.79 Å². The van der Waals surface area contributed by atoms with E-state index in [9.17, 15) is 27.6 Å². The topological polar surface area (TPSA) is 66.9 Å². The zero-order chi connectivity index (χ0) is 20.0. The number of carbonyl (C=O) groups excluding carboxylic acids is 3. The van der Waals surface area contributed by atoms with E-state index >= 15 is 0 Å². The fraction of sp³-hybridized carbons (Fsp3) is 0.389. The molecule has 6 nitrogen and oxygen atoms in total. The minimum Gasteiger partial charge on any atom is -0.452 e. The summed E-state index contributed by atoms with van der Waals surface area (Å²) in [6.45, 7) is 2.64. The highest BCUT2D eigenvalue weighted by atomic mass is 19.4. The van der Waals surface area contributed by atoms with E-state index in [1.807, 2.05) is 0 Å². The molecule has 146 valence electrons. The minimum absolute atomic E-state index is 0.0538. The van der Waals surface area contributed by atoms with Gasteiger partial charge in [0.1, 0.15) is 0 Å². The van der Waals surface area contributed by atoms with Gasteiger partial charge in [0.05, 0.1) is 5.56 Å². The maximum Gasteiger partial charge on any atom is 0.416 e. The van der Waals surface area contributed by atoms with Gasteiger partial charge in [-0.05, 0) is 23.8 Å². The normalized spacial score (nSPS) is 15.1. The van der Waals surface area contributed by atoms with Gasteiger partial charge in [-0.3, -0.25) is 9.59 Å². The molecule has 0 aliphatic carbocycles. The van der Waals surface area contributed by atoms with Crippen molar-refractivity contribution in [3.63, 3.8) is 0 Å². The fourth-order valence-corrected chi connectivity index (χ4v) is 2.49. The molecular weight excluding hydrogens is 365 g/mol. The molecule has 1 aromatic rings. The van der Waals surface area contributed by atoms with Gasteiger partial charge in [0, 0.05) is 39.2 Å². The van der Waals surface area contributed by atoms with Crippen LogP contribution in [0.2, 0.25) is 0 Å². The van der Waals surface area contributed by atoms with Crippen molar-refractivity contribution in [1.29, 1.82) is 0 Å². The van der Waals surface area contributed by atoms with Crippen LogP contribution < -0.4 is 0 Å². The van der Waals surface area contributed by atoms with Crippen molar-refractivity contribution in [1.82, 2.24) is 9.80 Å². The van der Waals surface area contributed by atoms with Gasteiger partial charge in [-0.2, -0.15) is 13.2 Å². The van der Waals surface area contributed by atoms with E-state index in [1.165, 1.54) is 30.0 Å². The zero-order valence-electron chi connectivity index (χ0n) is 14.7. The summed E-state index contributed by atoms with van der Waals surface area (Å²) in [5.41, 5.74) is -0.385. The molecule has 0 saturated carbocycles. The van der Waals surface area contributed by atoms with E-state index in [4.69, 9.17) is 4.74 Å². The minimum atomic E-state index is -4.42. The summed E-state index contributed by atoms with van der Waals surface area (Å²) in [7, 11) is 0. The Balaban J connectivity index is 1.78. The Kier molecular flexibility index (Phi) is 6.59. The zero-order valence-corrected chi connectivity index (χ0v) is 14.7. The van der Waals surface area contributed by atoms with Crippen molar-refractivity contribution < 1.29 is 32.3 Å². The lowest BCUT2D eigenvalue weighted by atomic mass is 10.1. The third-order valence-electron chi connectivity index (χ3n) is 4.07. The summed E-state index contributed by atoms with van der Waals surface area (Å²) in [5, 5.41) is 0. The third-order valence-corrected chi connectivity index (χ3v) is 4.07. The van der Waals surface area contributed by atoms with Crippen LogP contribution in [0.5, 0.6) is 0 Å².